The number of rotatable bonds is 5. The number of hydrogen-bond donors (Lipinski definition) is 1. The van der Waals surface area contributed by atoms with Crippen LogP contribution in [0.5, 0.6) is 11.5 Å². The van der Waals surface area contributed by atoms with Gasteiger partial charge in [0.25, 0.3) is 0 Å². The Morgan fingerprint density at radius 3 is 2.82 bits per heavy atom. The molecule has 3 aromatic rings. The van der Waals surface area contributed by atoms with Crippen LogP contribution >= 0.6 is 46.9 Å². The Morgan fingerprint density at radius 1 is 1.29 bits per heavy atom. The summed E-state index contributed by atoms with van der Waals surface area (Å²) in [5, 5.41) is 7.70. The van der Waals surface area contributed by atoms with Gasteiger partial charge in [0.05, 0.1) is 10.9 Å². The highest BCUT2D eigenvalue weighted by Crippen LogP contribution is 2.35. The van der Waals surface area contributed by atoms with Crippen LogP contribution in [0, 0.1) is 3.95 Å². The fourth-order valence-electron chi connectivity index (χ4n) is 2.48. The van der Waals surface area contributed by atoms with Gasteiger partial charge in [0.1, 0.15) is 0 Å². The highest BCUT2D eigenvalue weighted by molar-refractivity contribution is 8.02. The summed E-state index contributed by atoms with van der Waals surface area (Å²) in [6.45, 7) is 2.02. The topological polar surface area (TPSA) is 65.4 Å². The minimum absolute atomic E-state index is 0.136. The van der Waals surface area contributed by atoms with Gasteiger partial charge in [-0.25, -0.2) is 4.68 Å². The van der Waals surface area contributed by atoms with Crippen LogP contribution in [0.3, 0.4) is 0 Å². The van der Waals surface area contributed by atoms with Crippen molar-refractivity contribution in [2.45, 2.75) is 16.5 Å². The van der Waals surface area contributed by atoms with Gasteiger partial charge in [-0.1, -0.05) is 34.7 Å². The average molecular weight is 452 g/mol. The van der Waals surface area contributed by atoms with E-state index in [4.69, 9.17) is 33.3 Å². The molecule has 4 rings (SSSR count). The third-order valence-corrected chi connectivity index (χ3v) is 6.56. The number of fused-ring (bicyclic) bond motifs is 1. The zero-order valence-electron chi connectivity index (χ0n) is 14.5. The van der Waals surface area contributed by atoms with Gasteiger partial charge in [0.15, 0.2) is 19.8 Å². The molecule has 10 heteroatoms. The molecule has 0 saturated heterocycles. The van der Waals surface area contributed by atoms with Crippen molar-refractivity contribution in [3.63, 3.8) is 0 Å². The van der Waals surface area contributed by atoms with Crippen LogP contribution in [0.4, 0.5) is 5.69 Å². The molecule has 1 amide bonds. The summed E-state index contributed by atoms with van der Waals surface area (Å²) in [4.78, 5) is 12.5. The molecule has 0 bridgehead atoms. The largest absolute Gasteiger partial charge is 0.454 e. The van der Waals surface area contributed by atoms with Crippen LogP contribution in [-0.2, 0) is 4.79 Å². The van der Waals surface area contributed by atoms with Gasteiger partial charge in [-0.05, 0) is 55.5 Å². The molecule has 1 aliphatic rings. The zero-order chi connectivity index (χ0) is 19.7. The molecule has 1 atom stereocenters. The molecular weight excluding hydrogens is 438 g/mol. The van der Waals surface area contributed by atoms with Crippen LogP contribution < -0.4 is 14.8 Å². The minimum atomic E-state index is -0.357. The number of ether oxygens (including phenoxy) is 2. The summed E-state index contributed by atoms with van der Waals surface area (Å²) in [5.41, 5.74) is 1.48. The summed E-state index contributed by atoms with van der Waals surface area (Å²) < 4.78 is 13.6. The lowest BCUT2D eigenvalue weighted by molar-refractivity contribution is -0.115. The van der Waals surface area contributed by atoms with Crippen molar-refractivity contribution < 1.29 is 14.3 Å². The maximum atomic E-state index is 12.5. The predicted molar refractivity (Wildman–Crippen MR) is 114 cm³/mol. The molecule has 2 heterocycles. The first-order valence-corrected chi connectivity index (χ1v) is 10.7. The molecule has 0 aliphatic carbocycles. The summed E-state index contributed by atoms with van der Waals surface area (Å²) in [6.07, 6.45) is 0. The second-order valence-corrected chi connectivity index (χ2v) is 9.49. The van der Waals surface area contributed by atoms with Gasteiger partial charge in [-0.2, -0.15) is 0 Å². The lowest BCUT2D eigenvalue weighted by Gasteiger charge is -2.10. The molecule has 1 aromatic heterocycles. The molecule has 1 aliphatic heterocycles. The summed E-state index contributed by atoms with van der Waals surface area (Å²) in [6, 6.07) is 12.6. The molecule has 0 saturated carbocycles. The van der Waals surface area contributed by atoms with E-state index in [-0.39, 0.29) is 18.0 Å². The van der Waals surface area contributed by atoms with Gasteiger partial charge >= 0.3 is 0 Å². The first kappa shape index (κ1) is 19.3. The molecule has 0 unspecified atom stereocenters. The van der Waals surface area contributed by atoms with E-state index in [1.807, 2.05) is 19.1 Å². The molecule has 28 heavy (non-hydrogen) atoms. The standard InChI is InChI=1S/C18H14ClN3O3S3/c1-10(16(23)20-12-4-7-14-15(8-12)25-9-24-14)27-17-21-22(18(26)28-17)13-5-2-11(19)3-6-13/h2-8,10H,9H2,1H3,(H,20,23)/t10-/m1/s1. The number of anilines is 1. The molecule has 2 aromatic carbocycles. The van der Waals surface area contributed by atoms with E-state index in [1.54, 1.807) is 35.0 Å². The highest BCUT2D eigenvalue weighted by Gasteiger charge is 2.19. The molecule has 0 radical (unpaired) electrons. The van der Waals surface area contributed by atoms with Gasteiger partial charge in [0.2, 0.25) is 12.7 Å². The second kappa shape index (κ2) is 8.12. The van der Waals surface area contributed by atoms with E-state index in [0.29, 0.717) is 30.5 Å². The molecule has 0 fully saturated rings. The highest BCUT2D eigenvalue weighted by atomic mass is 35.5. The minimum Gasteiger partial charge on any atom is -0.454 e. The first-order valence-electron chi connectivity index (χ1n) is 8.23. The first-order chi connectivity index (χ1) is 13.5. The number of carbonyl (C=O) groups excluding carboxylic acids is 1. The van der Waals surface area contributed by atoms with E-state index in [9.17, 15) is 4.79 Å². The Kier molecular flexibility index (Phi) is 5.58. The number of benzene rings is 2. The van der Waals surface area contributed by atoms with Crippen molar-refractivity contribution >= 4 is 58.5 Å². The van der Waals surface area contributed by atoms with Crippen LogP contribution in [0.15, 0.2) is 46.8 Å². The van der Waals surface area contributed by atoms with Crippen molar-refractivity contribution in [1.29, 1.82) is 0 Å². The fraction of sp³-hybridized carbons (Fsp3) is 0.167. The molecular formula is C18H14ClN3O3S3. The number of halogens is 1. The van der Waals surface area contributed by atoms with E-state index < -0.39 is 0 Å². The van der Waals surface area contributed by atoms with Crippen LogP contribution in [0.25, 0.3) is 5.69 Å². The lowest BCUT2D eigenvalue weighted by atomic mass is 10.2. The summed E-state index contributed by atoms with van der Waals surface area (Å²) in [7, 11) is 0. The van der Waals surface area contributed by atoms with Gasteiger partial charge in [-0.15, -0.1) is 5.10 Å². The number of aromatic nitrogens is 2. The Labute approximate surface area is 179 Å². The van der Waals surface area contributed by atoms with Crippen molar-refractivity contribution in [3.05, 3.63) is 51.4 Å². The SMILES string of the molecule is C[C@@H](Sc1nn(-c2ccc(Cl)cc2)c(=S)s1)C(=O)Nc1ccc2c(c1)OCO2. The van der Waals surface area contributed by atoms with E-state index >= 15 is 0 Å². The lowest BCUT2D eigenvalue weighted by Crippen LogP contribution is -2.22. The quantitative estimate of drug-likeness (QED) is 0.426. The summed E-state index contributed by atoms with van der Waals surface area (Å²) >= 11 is 14.0. The molecule has 6 nitrogen and oxygen atoms in total. The van der Waals surface area contributed by atoms with E-state index in [2.05, 4.69) is 10.4 Å². The fourth-order valence-corrected chi connectivity index (χ4v) is 5.11. The number of carbonyl (C=O) groups is 1. The summed E-state index contributed by atoms with van der Waals surface area (Å²) in [5.74, 6) is 1.16. The third-order valence-electron chi connectivity index (χ3n) is 3.89. The monoisotopic (exact) mass is 451 g/mol. The Bertz CT molecular complexity index is 1080. The van der Waals surface area contributed by atoms with E-state index in [1.165, 1.54) is 23.1 Å². The third kappa shape index (κ3) is 4.17. The molecule has 144 valence electrons. The Morgan fingerprint density at radius 2 is 2.04 bits per heavy atom. The van der Waals surface area contributed by atoms with Gasteiger partial charge in [0, 0.05) is 16.8 Å². The second-order valence-electron chi connectivity index (χ2n) is 5.84. The number of amides is 1. The number of nitrogens with one attached hydrogen (secondary N) is 1. The van der Waals surface area contributed by atoms with Crippen molar-refractivity contribution in [2.75, 3.05) is 12.1 Å². The number of hydrogen-bond acceptors (Lipinski definition) is 7. The smallest absolute Gasteiger partial charge is 0.237 e. The normalized spacial score (nSPS) is 13.4. The molecule has 1 N–H and O–H groups in total. The molecule has 0 spiro atoms. The Hall–Kier alpha value is -2.07. The van der Waals surface area contributed by atoms with E-state index in [0.717, 1.165) is 5.69 Å². The number of thioether (sulfide) groups is 1. The zero-order valence-corrected chi connectivity index (χ0v) is 17.8. The van der Waals surface area contributed by atoms with Gasteiger partial charge in [-0.3, -0.25) is 4.79 Å². The van der Waals surface area contributed by atoms with Crippen LogP contribution in [0.2, 0.25) is 5.02 Å². The van der Waals surface area contributed by atoms with Crippen molar-refractivity contribution in [3.8, 4) is 17.2 Å². The number of nitrogens with zero attached hydrogens (tertiary/aromatic N) is 2. The van der Waals surface area contributed by atoms with Crippen LogP contribution in [-0.4, -0.2) is 27.7 Å². The average Bonchev–Trinajstić information content (AvgIpc) is 3.28. The maximum absolute atomic E-state index is 12.5. The van der Waals surface area contributed by atoms with Crippen molar-refractivity contribution in [2.24, 2.45) is 0 Å². The van der Waals surface area contributed by atoms with Gasteiger partial charge < -0.3 is 14.8 Å². The maximum Gasteiger partial charge on any atom is 0.237 e. The van der Waals surface area contributed by atoms with Crippen molar-refractivity contribution in [1.82, 2.24) is 9.78 Å². The van der Waals surface area contributed by atoms with Crippen LogP contribution in [0.1, 0.15) is 6.92 Å². The Balaban J connectivity index is 1.44. The predicted octanol–water partition coefficient (Wildman–Crippen LogP) is 5.16.